The molecule has 3 nitrogen and oxygen atoms in total. The summed E-state index contributed by atoms with van der Waals surface area (Å²) in [4.78, 5) is 16.7. The Morgan fingerprint density at radius 3 is 2.57 bits per heavy atom. The van der Waals surface area contributed by atoms with Crippen LogP contribution in [0.2, 0.25) is 0 Å². The van der Waals surface area contributed by atoms with E-state index in [1.54, 1.807) is 18.3 Å². The molecule has 2 rings (SSSR count). The summed E-state index contributed by atoms with van der Waals surface area (Å²) in [6, 6.07) is 6.55. The molecule has 1 N–H and O–H groups in total. The first-order chi connectivity index (χ1) is 10.8. The van der Waals surface area contributed by atoms with E-state index >= 15 is 0 Å². The van der Waals surface area contributed by atoms with Crippen molar-refractivity contribution in [1.82, 2.24) is 4.98 Å². The number of hydrogen-bond donors (Lipinski definition) is 1. The maximum Gasteiger partial charge on any atom is 0.416 e. The second kappa shape index (κ2) is 7.04. The Morgan fingerprint density at radius 2 is 2.00 bits per heavy atom. The Bertz CT molecular complexity index is 699. The van der Waals surface area contributed by atoms with Gasteiger partial charge in [0.25, 0.3) is 5.91 Å². The molecule has 0 aliphatic carbocycles. The maximum absolute atomic E-state index is 12.8. The average Bonchev–Trinajstić information content (AvgIpc) is 2.49. The highest BCUT2D eigenvalue weighted by Crippen LogP contribution is 2.34. The SMILES string of the molecule is CCSc1cc(C(F)(F)F)ccc1C(=O)Nc1ccc(C)cn1. The summed E-state index contributed by atoms with van der Waals surface area (Å²) in [6.45, 7) is 3.68. The number of benzene rings is 1. The third kappa shape index (κ3) is 4.48. The largest absolute Gasteiger partial charge is 0.416 e. The molecular formula is C16H15F3N2OS. The summed E-state index contributed by atoms with van der Waals surface area (Å²) in [5, 5.41) is 2.60. The molecule has 0 atom stereocenters. The number of amides is 1. The highest BCUT2D eigenvalue weighted by Gasteiger charge is 2.31. The van der Waals surface area contributed by atoms with Crippen molar-refractivity contribution in [3.05, 3.63) is 53.2 Å². The molecule has 0 spiro atoms. The molecule has 0 radical (unpaired) electrons. The Kier molecular flexibility index (Phi) is 5.30. The van der Waals surface area contributed by atoms with Gasteiger partial charge in [0.2, 0.25) is 0 Å². The lowest BCUT2D eigenvalue weighted by atomic mass is 10.1. The number of aryl methyl sites for hydroxylation is 1. The van der Waals surface area contributed by atoms with Crippen molar-refractivity contribution in [2.45, 2.75) is 24.9 Å². The van der Waals surface area contributed by atoms with Crippen LogP contribution in [0.5, 0.6) is 0 Å². The Hall–Kier alpha value is -2.02. The summed E-state index contributed by atoms with van der Waals surface area (Å²) >= 11 is 1.19. The van der Waals surface area contributed by atoms with E-state index in [-0.39, 0.29) is 5.56 Å². The molecule has 1 aromatic heterocycles. The van der Waals surface area contributed by atoms with Gasteiger partial charge in [0.05, 0.1) is 11.1 Å². The van der Waals surface area contributed by atoms with E-state index in [0.717, 1.165) is 17.7 Å². The summed E-state index contributed by atoms with van der Waals surface area (Å²) in [7, 11) is 0. The van der Waals surface area contributed by atoms with Gasteiger partial charge in [-0.15, -0.1) is 11.8 Å². The molecule has 7 heteroatoms. The number of nitrogens with one attached hydrogen (secondary N) is 1. The zero-order valence-corrected chi connectivity index (χ0v) is 13.4. The first kappa shape index (κ1) is 17.3. The van der Waals surface area contributed by atoms with E-state index in [0.29, 0.717) is 16.5 Å². The predicted molar refractivity (Wildman–Crippen MR) is 84.8 cm³/mol. The van der Waals surface area contributed by atoms with E-state index in [4.69, 9.17) is 0 Å². The van der Waals surface area contributed by atoms with E-state index in [1.165, 1.54) is 17.8 Å². The Morgan fingerprint density at radius 1 is 1.26 bits per heavy atom. The van der Waals surface area contributed by atoms with Gasteiger partial charge >= 0.3 is 6.18 Å². The van der Waals surface area contributed by atoms with Crippen molar-refractivity contribution in [3.8, 4) is 0 Å². The van der Waals surface area contributed by atoms with Crippen LogP contribution in [-0.2, 0) is 6.18 Å². The molecule has 23 heavy (non-hydrogen) atoms. The van der Waals surface area contributed by atoms with Crippen LogP contribution in [0.4, 0.5) is 19.0 Å². The summed E-state index contributed by atoms with van der Waals surface area (Å²) in [5.74, 6) is 0.434. The lowest BCUT2D eigenvalue weighted by Crippen LogP contribution is -2.15. The molecular weight excluding hydrogens is 325 g/mol. The van der Waals surface area contributed by atoms with E-state index in [9.17, 15) is 18.0 Å². The molecule has 1 aromatic carbocycles. The van der Waals surface area contributed by atoms with Crippen LogP contribution in [0.15, 0.2) is 41.4 Å². The Labute approximate surface area is 136 Å². The normalized spacial score (nSPS) is 11.3. The fourth-order valence-electron chi connectivity index (χ4n) is 1.89. The number of thioether (sulfide) groups is 1. The van der Waals surface area contributed by atoms with Gasteiger partial charge in [-0.2, -0.15) is 13.2 Å². The number of carbonyl (C=O) groups is 1. The molecule has 2 aromatic rings. The van der Waals surface area contributed by atoms with Crippen LogP contribution in [-0.4, -0.2) is 16.6 Å². The smallest absolute Gasteiger partial charge is 0.307 e. The highest BCUT2D eigenvalue weighted by atomic mass is 32.2. The van der Waals surface area contributed by atoms with Crippen molar-refractivity contribution in [1.29, 1.82) is 0 Å². The van der Waals surface area contributed by atoms with Gasteiger partial charge < -0.3 is 5.32 Å². The van der Waals surface area contributed by atoms with Crippen LogP contribution >= 0.6 is 11.8 Å². The first-order valence-electron chi connectivity index (χ1n) is 6.89. The number of carbonyl (C=O) groups excluding carboxylic acids is 1. The predicted octanol–water partition coefficient (Wildman–Crippen LogP) is 4.77. The minimum absolute atomic E-state index is 0.201. The van der Waals surface area contributed by atoms with E-state index in [1.807, 2.05) is 13.8 Å². The van der Waals surface area contributed by atoms with Gasteiger partial charge in [0, 0.05) is 11.1 Å². The summed E-state index contributed by atoms with van der Waals surface area (Å²) in [6.07, 6.45) is -2.83. The summed E-state index contributed by atoms with van der Waals surface area (Å²) < 4.78 is 38.4. The van der Waals surface area contributed by atoms with Gasteiger partial charge in [-0.05, 0) is 42.5 Å². The van der Waals surface area contributed by atoms with Gasteiger partial charge in [-0.25, -0.2) is 4.98 Å². The van der Waals surface area contributed by atoms with Crippen molar-refractivity contribution < 1.29 is 18.0 Å². The van der Waals surface area contributed by atoms with Gasteiger partial charge in [-0.1, -0.05) is 13.0 Å². The topological polar surface area (TPSA) is 42.0 Å². The number of alkyl halides is 3. The third-order valence-corrected chi connectivity index (χ3v) is 3.94. The van der Waals surface area contributed by atoms with Crippen molar-refractivity contribution in [2.24, 2.45) is 0 Å². The highest BCUT2D eigenvalue weighted by molar-refractivity contribution is 7.99. The zero-order chi connectivity index (χ0) is 17.0. The Balaban J connectivity index is 2.29. The van der Waals surface area contributed by atoms with Crippen LogP contribution in [0.25, 0.3) is 0 Å². The molecule has 0 bridgehead atoms. The summed E-state index contributed by atoms with van der Waals surface area (Å²) in [5.41, 5.74) is 0.380. The quantitative estimate of drug-likeness (QED) is 0.815. The molecule has 0 aliphatic heterocycles. The molecule has 1 amide bonds. The van der Waals surface area contributed by atoms with Crippen molar-refractivity contribution in [3.63, 3.8) is 0 Å². The second-order valence-electron chi connectivity index (χ2n) is 4.82. The monoisotopic (exact) mass is 340 g/mol. The minimum atomic E-state index is -4.43. The van der Waals surface area contributed by atoms with Gasteiger partial charge in [0.15, 0.2) is 0 Å². The molecule has 0 saturated carbocycles. The third-order valence-electron chi connectivity index (χ3n) is 3.01. The molecule has 0 aliphatic rings. The van der Waals surface area contributed by atoms with Crippen molar-refractivity contribution >= 4 is 23.5 Å². The second-order valence-corrected chi connectivity index (χ2v) is 6.12. The lowest BCUT2D eigenvalue weighted by Gasteiger charge is -2.13. The van der Waals surface area contributed by atoms with E-state index < -0.39 is 17.6 Å². The van der Waals surface area contributed by atoms with Crippen LogP contribution in [0.1, 0.15) is 28.4 Å². The van der Waals surface area contributed by atoms with Crippen molar-refractivity contribution in [2.75, 3.05) is 11.1 Å². The fourth-order valence-corrected chi connectivity index (χ4v) is 2.72. The molecule has 0 unspecified atom stereocenters. The van der Waals surface area contributed by atoms with Gasteiger partial charge in [-0.3, -0.25) is 4.79 Å². The molecule has 1 heterocycles. The number of pyridine rings is 1. The van der Waals surface area contributed by atoms with Crippen LogP contribution in [0.3, 0.4) is 0 Å². The first-order valence-corrected chi connectivity index (χ1v) is 7.88. The zero-order valence-electron chi connectivity index (χ0n) is 12.6. The number of nitrogens with zero attached hydrogens (tertiary/aromatic N) is 1. The number of hydrogen-bond acceptors (Lipinski definition) is 3. The lowest BCUT2D eigenvalue weighted by molar-refractivity contribution is -0.137. The molecule has 122 valence electrons. The van der Waals surface area contributed by atoms with E-state index in [2.05, 4.69) is 10.3 Å². The fraction of sp³-hybridized carbons (Fsp3) is 0.250. The molecule has 0 fully saturated rings. The average molecular weight is 340 g/mol. The minimum Gasteiger partial charge on any atom is -0.307 e. The number of halogens is 3. The van der Waals surface area contributed by atoms with Crippen LogP contribution in [0, 0.1) is 6.92 Å². The number of anilines is 1. The van der Waals surface area contributed by atoms with Crippen LogP contribution < -0.4 is 5.32 Å². The number of aromatic nitrogens is 1. The molecule has 0 saturated heterocycles. The van der Waals surface area contributed by atoms with Gasteiger partial charge in [0.1, 0.15) is 5.82 Å². The standard InChI is InChI=1S/C16H15F3N2OS/c1-3-23-13-8-11(16(17,18)19)5-6-12(13)15(22)21-14-7-4-10(2)9-20-14/h4-9H,3H2,1-2H3,(H,20,21,22). The number of rotatable bonds is 4. The maximum atomic E-state index is 12.8.